The first-order valence-electron chi connectivity index (χ1n) is 10.1. The first-order valence-corrected chi connectivity index (χ1v) is 11.0. The minimum atomic E-state index is 0.177. The zero-order chi connectivity index (χ0) is 20.4. The third-order valence-corrected chi connectivity index (χ3v) is 6.94. The van der Waals surface area contributed by atoms with E-state index in [2.05, 4.69) is 36.1 Å². The topological polar surface area (TPSA) is 42.0 Å². The van der Waals surface area contributed by atoms with Crippen molar-refractivity contribution in [3.8, 4) is 11.5 Å². The van der Waals surface area contributed by atoms with Crippen LogP contribution in [0.1, 0.15) is 24.5 Å². The van der Waals surface area contributed by atoms with Gasteiger partial charge in [-0.1, -0.05) is 19.1 Å². The Bertz CT molecular complexity index is 902. The van der Waals surface area contributed by atoms with E-state index in [1.54, 1.807) is 14.2 Å². The van der Waals surface area contributed by atoms with Gasteiger partial charge in [-0.25, -0.2) is 0 Å². The molecular formula is C23H28N2O3S. The van der Waals surface area contributed by atoms with Gasteiger partial charge in [0.1, 0.15) is 0 Å². The number of methoxy groups -OCH3 is 2. The summed E-state index contributed by atoms with van der Waals surface area (Å²) in [4.78, 5) is 18.7. The highest BCUT2D eigenvalue weighted by molar-refractivity contribution is 8.00. The zero-order valence-electron chi connectivity index (χ0n) is 17.3. The number of hydrogen-bond acceptors (Lipinski definition) is 5. The number of hydrogen-bond donors (Lipinski definition) is 0. The van der Waals surface area contributed by atoms with Crippen LogP contribution < -0.4 is 14.4 Å². The van der Waals surface area contributed by atoms with Gasteiger partial charge in [-0.15, -0.1) is 11.8 Å². The monoisotopic (exact) mass is 412 g/mol. The molecule has 4 rings (SSSR count). The predicted octanol–water partition coefficient (Wildman–Crippen LogP) is 3.98. The fourth-order valence-corrected chi connectivity index (χ4v) is 5.21. The maximum absolute atomic E-state index is 13.3. The molecule has 0 aliphatic carbocycles. The second kappa shape index (κ2) is 8.67. The van der Waals surface area contributed by atoms with Gasteiger partial charge in [0, 0.05) is 29.8 Å². The highest BCUT2D eigenvalue weighted by atomic mass is 32.2. The minimum absolute atomic E-state index is 0.177. The Balaban J connectivity index is 1.50. The van der Waals surface area contributed by atoms with Gasteiger partial charge in [0.2, 0.25) is 5.91 Å². The summed E-state index contributed by atoms with van der Waals surface area (Å²) in [6.45, 7) is 5.07. The molecule has 0 saturated heterocycles. The molecule has 6 heteroatoms. The van der Waals surface area contributed by atoms with Gasteiger partial charge in [-0.3, -0.25) is 9.69 Å². The fourth-order valence-electron chi connectivity index (χ4n) is 4.10. The maximum atomic E-state index is 13.3. The normalized spacial score (nSPS) is 19.1. The maximum Gasteiger partial charge on any atom is 0.241 e. The molecule has 154 valence electrons. The number of nitrogens with zero attached hydrogens (tertiary/aromatic N) is 2. The molecule has 0 radical (unpaired) electrons. The largest absolute Gasteiger partial charge is 0.493 e. The third kappa shape index (κ3) is 4.23. The van der Waals surface area contributed by atoms with E-state index < -0.39 is 0 Å². The number of ether oxygens (including phenoxy) is 2. The molecule has 0 spiro atoms. The molecule has 0 N–H and O–H groups in total. The first-order chi connectivity index (χ1) is 14.1. The molecule has 0 aromatic heterocycles. The molecule has 5 nitrogen and oxygen atoms in total. The van der Waals surface area contributed by atoms with Crippen LogP contribution in [0, 0.1) is 0 Å². The van der Waals surface area contributed by atoms with Crippen LogP contribution in [0.4, 0.5) is 5.69 Å². The Labute approximate surface area is 177 Å². The second-order valence-electron chi connectivity index (χ2n) is 7.67. The molecule has 1 atom stereocenters. The number of anilines is 1. The molecule has 1 amide bonds. The van der Waals surface area contributed by atoms with Crippen molar-refractivity contribution >= 4 is 23.4 Å². The van der Waals surface area contributed by atoms with Crippen molar-refractivity contribution in [1.82, 2.24) is 4.90 Å². The van der Waals surface area contributed by atoms with Crippen molar-refractivity contribution in [3.05, 3.63) is 47.5 Å². The Kier molecular flexibility index (Phi) is 6.01. The summed E-state index contributed by atoms with van der Waals surface area (Å²) in [5.74, 6) is 1.69. The molecule has 2 aliphatic heterocycles. The number of carbonyl (C=O) groups is 1. The van der Waals surface area contributed by atoms with Crippen LogP contribution in [0.5, 0.6) is 11.5 Å². The lowest BCUT2D eigenvalue weighted by molar-refractivity contribution is -0.120. The molecule has 2 aromatic rings. The van der Waals surface area contributed by atoms with Gasteiger partial charge in [0.05, 0.1) is 26.5 Å². The number of fused-ring (bicyclic) bond motifs is 2. The smallest absolute Gasteiger partial charge is 0.241 e. The van der Waals surface area contributed by atoms with Crippen molar-refractivity contribution in [2.24, 2.45) is 0 Å². The average Bonchev–Trinajstić information content (AvgIpc) is 2.90. The van der Waals surface area contributed by atoms with E-state index in [9.17, 15) is 4.79 Å². The summed E-state index contributed by atoms with van der Waals surface area (Å²) in [7, 11) is 3.32. The molecule has 29 heavy (non-hydrogen) atoms. The van der Waals surface area contributed by atoms with E-state index in [1.165, 1.54) is 16.0 Å². The Hall–Kier alpha value is -2.18. The number of benzene rings is 2. The van der Waals surface area contributed by atoms with E-state index in [1.807, 2.05) is 28.8 Å². The highest BCUT2D eigenvalue weighted by Gasteiger charge is 2.27. The van der Waals surface area contributed by atoms with Crippen molar-refractivity contribution in [1.29, 1.82) is 0 Å². The van der Waals surface area contributed by atoms with Crippen LogP contribution in [0.25, 0.3) is 0 Å². The molecule has 1 unspecified atom stereocenters. The van der Waals surface area contributed by atoms with Crippen molar-refractivity contribution in [2.45, 2.75) is 36.5 Å². The van der Waals surface area contributed by atoms with Crippen LogP contribution in [0.15, 0.2) is 41.3 Å². The van der Waals surface area contributed by atoms with E-state index >= 15 is 0 Å². The standard InChI is InChI=1S/C23H28N2O3S/c1-16-8-11-25(19-6-4-5-7-22(19)29-16)23(26)15-24-10-9-17-12-20(27-2)21(28-3)13-18(17)14-24/h4-7,12-13,16H,8-11,14-15H2,1-3H3. The molecule has 0 saturated carbocycles. The van der Waals surface area contributed by atoms with Crippen LogP contribution in [0.3, 0.4) is 0 Å². The Morgan fingerprint density at radius 2 is 1.83 bits per heavy atom. The minimum Gasteiger partial charge on any atom is -0.493 e. The molecule has 0 fully saturated rings. The molecule has 2 aromatic carbocycles. The number of thioether (sulfide) groups is 1. The average molecular weight is 413 g/mol. The van der Waals surface area contributed by atoms with Crippen LogP contribution in [-0.4, -0.2) is 49.9 Å². The van der Waals surface area contributed by atoms with Crippen LogP contribution in [-0.2, 0) is 17.8 Å². The summed E-state index contributed by atoms with van der Waals surface area (Å²) in [5.41, 5.74) is 3.54. The van der Waals surface area contributed by atoms with Crippen LogP contribution in [0.2, 0.25) is 0 Å². The summed E-state index contributed by atoms with van der Waals surface area (Å²) < 4.78 is 10.9. The van der Waals surface area contributed by atoms with Crippen molar-refractivity contribution < 1.29 is 14.3 Å². The lowest BCUT2D eigenvalue weighted by Gasteiger charge is -2.31. The predicted molar refractivity (Wildman–Crippen MR) is 117 cm³/mol. The second-order valence-corrected chi connectivity index (χ2v) is 9.15. The van der Waals surface area contributed by atoms with Crippen molar-refractivity contribution in [2.75, 3.05) is 38.8 Å². The van der Waals surface area contributed by atoms with Gasteiger partial charge >= 0.3 is 0 Å². The lowest BCUT2D eigenvalue weighted by Crippen LogP contribution is -2.43. The number of carbonyl (C=O) groups excluding carboxylic acids is 1. The van der Waals surface area contributed by atoms with E-state index in [0.29, 0.717) is 11.8 Å². The molecular weight excluding hydrogens is 384 g/mol. The third-order valence-electron chi connectivity index (χ3n) is 5.70. The van der Waals surface area contributed by atoms with Gasteiger partial charge in [0.25, 0.3) is 0 Å². The van der Waals surface area contributed by atoms with E-state index in [-0.39, 0.29) is 5.91 Å². The van der Waals surface area contributed by atoms with Crippen LogP contribution >= 0.6 is 11.8 Å². The Morgan fingerprint density at radius 3 is 2.59 bits per heavy atom. The number of amides is 1. The Morgan fingerprint density at radius 1 is 1.10 bits per heavy atom. The lowest BCUT2D eigenvalue weighted by atomic mass is 9.98. The quantitative estimate of drug-likeness (QED) is 0.760. The highest BCUT2D eigenvalue weighted by Crippen LogP contribution is 2.37. The van der Waals surface area contributed by atoms with Gasteiger partial charge in [0.15, 0.2) is 11.5 Å². The molecule has 2 aliphatic rings. The fraction of sp³-hybridized carbons (Fsp3) is 0.435. The first kappa shape index (κ1) is 20.1. The van der Waals surface area contributed by atoms with Gasteiger partial charge < -0.3 is 14.4 Å². The summed E-state index contributed by atoms with van der Waals surface area (Å²) in [6.07, 6.45) is 1.91. The van der Waals surface area contributed by atoms with Gasteiger partial charge in [-0.2, -0.15) is 0 Å². The summed E-state index contributed by atoms with van der Waals surface area (Å²) in [5, 5.41) is 0.512. The van der Waals surface area contributed by atoms with Crippen molar-refractivity contribution in [3.63, 3.8) is 0 Å². The van der Waals surface area contributed by atoms with Gasteiger partial charge in [-0.05, 0) is 48.2 Å². The summed E-state index contributed by atoms with van der Waals surface area (Å²) in [6, 6.07) is 12.4. The number of para-hydroxylation sites is 1. The molecule has 2 heterocycles. The molecule has 0 bridgehead atoms. The van der Waals surface area contributed by atoms with E-state index in [4.69, 9.17) is 9.47 Å². The van der Waals surface area contributed by atoms with E-state index in [0.717, 1.165) is 49.7 Å². The SMILES string of the molecule is COc1cc2c(cc1OC)CN(CC(=O)N1CCC(C)Sc3ccccc31)CC2. The zero-order valence-corrected chi connectivity index (χ0v) is 18.1. The number of rotatable bonds is 4. The summed E-state index contributed by atoms with van der Waals surface area (Å²) >= 11 is 1.86.